The lowest BCUT2D eigenvalue weighted by Crippen LogP contribution is -2.36. The minimum atomic E-state index is -0.249. The van der Waals surface area contributed by atoms with E-state index in [0.29, 0.717) is 0 Å². The van der Waals surface area contributed by atoms with E-state index in [1.165, 1.54) is 6.42 Å². The van der Waals surface area contributed by atoms with Crippen molar-refractivity contribution in [2.24, 2.45) is 0 Å². The molecule has 0 atom stereocenters. The topological polar surface area (TPSA) is 52.9 Å². The predicted octanol–water partition coefficient (Wildman–Crippen LogP) is 3.35. The molecule has 1 aromatic carbocycles. The van der Waals surface area contributed by atoms with Crippen LogP contribution in [0.1, 0.15) is 43.2 Å². The number of carbonyl (C=O) groups is 1. The number of nitrogens with one attached hydrogen (secondary N) is 1. The van der Waals surface area contributed by atoms with Crippen LogP contribution >= 0.6 is 0 Å². The first-order valence-corrected chi connectivity index (χ1v) is 7.18. The second-order valence-electron chi connectivity index (χ2n) is 5.39. The van der Waals surface area contributed by atoms with Gasteiger partial charge in [-0.05, 0) is 31.4 Å². The molecule has 0 heterocycles. The molecule has 1 saturated carbocycles. The van der Waals surface area contributed by atoms with Gasteiger partial charge in [0, 0.05) is 6.04 Å². The van der Waals surface area contributed by atoms with Gasteiger partial charge in [0.15, 0.2) is 0 Å². The van der Waals surface area contributed by atoms with Gasteiger partial charge < -0.3 is 5.32 Å². The maximum atomic E-state index is 12.1. The van der Waals surface area contributed by atoms with Crippen LogP contribution in [0.5, 0.6) is 0 Å². The van der Waals surface area contributed by atoms with E-state index in [4.69, 9.17) is 0 Å². The Morgan fingerprint density at radius 2 is 2.10 bits per heavy atom. The van der Waals surface area contributed by atoms with E-state index in [1.54, 1.807) is 6.08 Å². The molecule has 3 heteroatoms. The van der Waals surface area contributed by atoms with Gasteiger partial charge in [0.1, 0.15) is 11.6 Å². The quantitative estimate of drug-likeness (QED) is 0.675. The van der Waals surface area contributed by atoms with E-state index in [-0.39, 0.29) is 17.5 Å². The molecule has 1 aromatic rings. The van der Waals surface area contributed by atoms with E-state index in [1.807, 2.05) is 37.3 Å². The van der Waals surface area contributed by atoms with Gasteiger partial charge in [-0.15, -0.1) is 0 Å². The van der Waals surface area contributed by atoms with Gasteiger partial charge in [-0.2, -0.15) is 5.26 Å². The Morgan fingerprint density at radius 1 is 1.35 bits per heavy atom. The van der Waals surface area contributed by atoms with E-state index in [0.717, 1.165) is 36.8 Å². The van der Waals surface area contributed by atoms with Crippen molar-refractivity contribution in [3.63, 3.8) is 0 Å². The smallest absolute Gasteiger partial charge is 0.262 e. The van der Waals surface area contributed by atoms with Gasteiger partial charge in [0.05, 0.1) is 0 Å². The zero-order valence-corrected chi connectivity index (χ0v) is 11.9. The SMILES string of the molecule is Cc1cccc(C=C(C#N)C(=O)NC2CCCCC2)c1. The number of carbonyl (C=O) groups excluding carboxylic acids is 1. The van der Waals surface area contributed by atoms with Crippen LogP contribution in [0.25, 0.3) is 6.08 Å². The van der Waals surface area contributed by atoms with Crippen molar-refractivity contribution in [2.45, 2.75) is 45.1 Å². The number of amides is 1. The second-order valence-corrected chi connectivity index (χ2v) is 5.39. The molecule has 1 amide bonds. The third-order valence-electron chi connectivity index (χ3n) is 3.66. The zero-order chi connectivity index (χ0) is 14.4. The summed E-state index contributed by atoms with van der Waals surface area (Å²) in [5.41, 5.74) is 2.19. The predicted molar refractivity (Wildman–Crippen MR) is 79.8 cm³/mol. The average Bonchev–Trinajstić information content (AvgIpc) is 2.46. The highest BCUT2D eigenvalue weighted by Gasteiger charge is 2.17. The summed E-state index contributed by atoms with van der Waals surface area (Å²) in [5, 5.41) is 12.2. The Hall–Kier alpha value is -2.08. The van der Waals surface area contributed by atoms with Gasteiger partial charge in [0.2, 0.25) is 0 Å². The van der Waals surface area contributed by atoms with Crippen molar-refractivity contribution in [3.05, 3.63) is 41.0 Å². The molecule has 104 valence electrons. The Kier molecular flexibility index (Phi) is 4.95. The Morgan fingerprint density at radius 3 is 2.75 bits per heavy atom. The van der Waals surface area contributed by atoms with E-state index < -0.39 is 0 Å². The zero-order valence-electron chi connectivity index (χ0n) is 11.9. The Bertz CT molecular complexity index is 548. The summed E-state index contributed by atoms with van der Waals surface area (Å²) < 4.78 is 0. The largest absolute Gasteiger partial charge is 0.349 e. The van der Waals surface area contributed by atoms with Gasteiger partial charge in [0.25, 0.3) is 5.91 Å². The lowest BCUT2D eigenvalue weighted by Gasteiger charge is -2.22. The molecule has 0 aliphatic heterocycles. The lowest BCUT2D eigenvalue weighted by molar-refractivity contribution is -0.117. The molecule has 0 unspecified atom stereocenters. The summed E-state index contributed by atoms with van der Waals surface area (Å²) in [5.74, 6) is -0.249. The molecule has 2 rings (SSSR count). The highest BCUT2D eigenvalue weighted by Crippen LogP contribution is 2.18. The molecule has 1 N–H and O–H groups in total. The number of hydrogen-bond donors (Lipinski definition) is 1. The number of hydrogen-bond acceptors (Lipinski definition) is 2. The Balaban J connectivity index is 2.07. The number of benzene rings is 1. The maximum absolute atomic E-state index is 12.1. The van der Waals surface area contributed by atoms with Crippen molar-refractivity contribution >= 4 is 12.0 Å². The minimum absolute atomic E-state index is 0.182. The molecule has 0 aromatic heterocycles. The summed E-state index contributed by atoms with van der Waals surface area (Å²) in [6.45, 7) is 1.99. The van der Waals surface area contributed by atoms with E-state index in [9.17, 15) is 10.1 Å². The lowest BCUT2D eigenvalue weighted by atomic mass is 9.95. The number of rotatable bonds is 3. The summed E-state index contributed by atoms with van der Waals surface area (Å²) >= 11 is 0. The molecule has 0 saturated heterocycles. The number of nitrogens with zero attached hydrogens (tertiary/aromatic N) is 1. The first-order chi connectivity index (χ1) is 9.69. The van der Waals surface area contributed by atoms with Gasteiger partial charge in [-0.3, -0.25) is 4.79 Å². The normalized spacial score (nSPS) is 16.5. The molecular weight excluding hydrogens is 248 g/mol. The molecule has 0 bridgehead atoms. The Labute approximate surface area is 120 Å². The molecule has 0 radical (unpaired) electrons. The highest BCUT2D eigenvalue weighted by molar-refractivity contribution is 6.01. The fourth-order valence-electron chi connectivity index (χ4n) is 2.59. The van der Waals surface area contributed by atoms with Crippen LogP contribution in [0.4, 0.5) is 0 Å². The van der Waals surface area contributed by atoms with Crippen LogP contribution in [0.3, 0.4) is 0 Å². The second kappa shape index (κ2) is 6.91. The van der Waals surface area contributed by atoms with Crippen LogP contribution in [-0.4, -0.2) is 11.9 Å². The molecule has 1 aliphatic rings. The minimum Gasteiger partial charge on any atom is -0.349 e. The fraction of sp³-hybridized carbons (Fsp3) is 0.412. The van der Waals surface area contributed by atoms with E-state index in [2.05, 4.69) is 5.32 Å². The number of nitriles is 1. The van der Waals surface area contributed by atoms with Gasteiger partial charge >= 0.3 is 0 Å². The van der Waals surface area contributed by atoms with Crippen molar-refractivity contribution in [3.8, 4) is 6.07 Å². The van der Waals surface area contributed by atoms with Crippen molar-refractivity contribution in [2.75, 3.05) is 0 Å². The van der Waals surface area contributed by atoms with Crippen LogP contribution in [0.15, 0.2) is 29.8 Å². The summed E-state index contributed by atoms with van der Waals surface area (Å²) in [7, 11) is 0. The molecule has 0 spiro atoms. The summed E-state index contributed by atoms with van der Waals surface area (Å²) in [6.07, 6.45) is 7.27. The van der Waals surface area contributed by atoms with Gasteiger partial charge in [-0.1, -0.05) is 49.1 Å². The van der Waals surface area contributed by atoms with Crippen LogP contribution in [-0.2, 0) is 4.79 Å². The summed E-state index contributed by atoms with van der Waals surface area (Å²) in [4.78, 5) is 12.1. The van der Waals surface area contributed by atoms with Crippen LogP contribution in [0.2, 0.25) is 0 Å². The molecule has 1 fully saturated rings. The first-order valence-electron chi connectivity index (χ1n) is 7.18. The van der Waals surface area contributed by atoms with Crippen LogP contribution < -0.4 is 5.32 Å². The monoisotopic (exact) mass is 268 g/mol. The fourth-order valence-corrected chi connectivity index (χ4v) is 2.59. The van der Waals surface area contributed by atoms with Crippen LogP contribution in [0, 0.1) is 18.3 Å². The summed E-state index contributed by atoms with van der Waals surface area (Å²) in [6, 6.07) is 10.0. The standard InChI is InChI=1S/C17H20N2O/c1-13-6-5-7-14(10-13)11-15(12-18)17(20)19-16-8-3-2-4-9-16/h5-7,10-11,16H,2-4,8-9H2,1H3,(H,19,20). The third-order valence-corrected chi connectivity index (χ3v) is 3.66. The van der Waals surface area contributed by atoms with E-state index >= 15 is 0 Å². The number of aryl methyl sites for hydroxylation is 1. The molecule has 1 aliphatic carbocycles. The highest BCUT2D eigenvalue weighted by atomic mass is 16.1. The van der Waals surface area contributed by atoms with Crippen molar-refractivity contribution in [1.29, 1.82) is 5.26 Å². The maximum Gasteiger partial charge on any atom is 0.262 e. The van der Waals surface area contributed by atoms with Gasteiger partial charge in [-0.25, -0.2) is 0 Å². The van der Waals surface area contributed by atoms with Crippen molar-refractivity contribution in [1.82, 2.24) is 5.32 Å². The average molecular weight is 268 g/mol. The first kappa shape index (κ1) is 14.3. The molecular formula is C17H20N2O. The molecule has 20 heavy (non-hydrogen) atoms. The molecule has 3 nitrogen and oxygen atoms in total. The van der Waals surface area contributed by atoms with Crippen molar-refractivity contribution < 1.29 is 4.79 Å². The third kappa shape index (κ3) is 3.96.